The van der Waals surface area contributed by atoms with Crippen LogP contribution < -0.4 is 0 Å². The highest BCUT2D eigenvalue weighted by molar-refractivity contribution is 9.10. The average Bonchev–Trinajstić information content (AvgIpc) is 2.41. The lowest BCUT2D eigenvalue weighted by Gasteiger charge is -1.91. The van der Waals surface area contributed by atoms with Gasteiger partial charge in [0.1, 0.15) is 0 Å². The number of carboxylic acid groups (broad SMARTS) is 1. The molecule has 1 N–H and O–H groups in total. The number of nitriles is 1. The molecule has 4 nitrogen and oxygen atoms in total. The molecule has 0 bridgehead atoms. The summed E-state index contributed by atoms with van der Waals surface area (Å²) in [4.78, 5) is 14.0. The Morgan fingerprint density at radius 3 is 2.11 bits per heavy atom. The number of aromatic carboxylic acids is 1. The summed E-state index contributed by atoms with van der Waals surface area (Å²) in [5.74, 6) is -0.896. The summed E-state index contributed by atoms with van der Waals surface area (Å²) in [5.41, 5.74) is 0.961. The molecule has 0 radical (unpaired) electrons. The first-order valence-corrected chi connectivity index (χ1v) is 5.72. The van der Waals surface area contributed by atoms with Gasteiger partial charge in [-0.1, -0.05) is 15.9 Å². The summed E-state index contributed by atoms with van der Waals surface area (Å²) >= 11 is 3.20. The van der Waals surface area contributed by atoms with Gasteiger partial charge in [0.25, 0.3) is 0 Å². The number of pyridine rings is 1. The van der Waals surface area contributed by atoms with Gasteiger partial charge in [-0.25, -0.2) is 4.79 Å². The second-order valence-corrected chi connectivity index (χ2v) is 4.08. The molecule has 0 aliphatic rings. The molecule has 5 heteroatoms. The molecule has 0 atom stereocenters. The first-order valence-electron chi connectivity index (χ1n) is 4.92. The van der Waals surface area contributed by atoms with Gasteiger partial charge in [0.15, 0.2) is 0 Å². The van der Waals surface area contributed by atoms with Crippen LogP contribution in [0.1, 0.15) is 15.9 Å². The lowest BCUT2D eigenvalue weighted by molar-refractivity contribution is 0.0697. The van der Waals surface area contributed by atoms with Crippen LogP contribution in [0.25, 0.3) is 0 Å². The maximum atomic E-state index is 10.3. The molecule has 2 aromatic rings. The van der Waals surface area contributed by atoms with E-state index in [9.17, 15) is 4.79 Å². The monoisotopic (exact) mass is 304 g/mol. The number of rotatable bonds is 1. The fraction of sp³-hybridized carbons (Fsp3) is 0. The summed E-state index contributed by atoms with van der Waals surface area (Å²) in [5, 5.41) is 16.7. The Kier molecular flexibility index (Phi) is 5.55. The van der Waals surface area contributed by atoms with Crippen molar-refractivity contribution in [3.8, 4) is 6.07 Å². The van der Waals surface area contributed by atoms with Crippen LogP contribution in [0, 0.1) is 11.3 Å². The summed E-state index contributed by atoms with van der Waals surface area (Å²) in [7, 11) is 0. The molecule has 0 amide bonds. The van der Waals surface area contributed by atoms with E-state index in [1.54, 1.807) is 48.8 Å². The Hall–Kier alpha value is -2.19. The summed E-state index contributed by atoms with van der Waals surface area (Å²) in [6, 6.07) is 11.8. The Morgan fingerprint density at radius 2 is 1.72 bits per heavy atom. The van der Waals surface area contributed by atoms with E-state index in [4.69, 9.17) is 10.4 Å². The zero-order valence-electron chi connectivity index (χ0n) is 9.25. The molecule has 1 heterocycles. The second-order valence-electron chi connectivity index (χ2n) is 3.16. The van der Waals surface area contributed by atoms with Crippen molar-refractivity contribution < 1.29 is 9.90 Å². The van der Waals surface area contributed by atoms with Gasteiger partial charge in [-0.2, -0.15) is 5.26 Å². The molecular formula is C13H9BrN2O2. The van der Waals surface area contributed by atoms with Crippen molar-refractivity contribution in [2.45, 2.75) is 0 Å². The molecule has 1 aromatic carbocycles. The van der Waals surface area contributed by atoms with Gasteiger partial charge >= 0.3 is 5.97 Å². The summed E-state index contributed by atoms with van der Waals surface area (Å²) in [6.45, 7) is 0. The maximum Gasteiger partial charge on any atom is 0.335 e. The van der Waals surface area contributed by atoms with Crippen LogP contribution >= 0.6 is 15.9 Å². The van der Waals surface area contributed by atoms with Crippen molar-refractivity contribution in [3.05, 3.63) is 64.4 Å². The maximum absolute atomic E-state index is 10.3. The smallest absolute Gasteiger partial charge is 0.335 e. The fourth-order valence-electron chi connectivity index (χ4n) is 1.02. The highest BCUT2D eigenvalue weighted by Gasteiger charge is 1.98. The molecule has 0 saturated heterocycles. The van der Waals surface area contributed by atoms with Crippen molar-refractivity contribution in [2.75, 3.05) is 0 Å². The Bertz CT molecular complexity index is 547. The number of aromatic nitrogens is 1. The highest BCUT2D eigenvalue weighted by atomic mass is 79.9. The molecular weight excluding hydrogens is 296 g/mol. The number of halogens is 1. The molecule has 0 spiro atoms. The molecule has 0 unspecified atom stereocenters. The number of hydrogen-bond donors (Lipinski definition) is 1. The quantitative estimate of drug-likeness (QED) is 0.878. The van der Waals surface area contributed by atoms with Crippen LogP contribution in [0.4, 0.5) is 0 Å². The number of nitrogens with zero attached hydrogens (tertiary/aromatic N) is 2. The Labute approximate surface area is 113 Å². The SMILES string of the molecule is N#Cc1ccncc1.O=C(O)c1ccc(Br)cc1. The summed E-state index contributed by atoms with van der Waals surface area (Å²) in [6.07, 6.45) is 3.19. The van der Waals surface area contributed by atoms with Gasteiger partial charge in [-0.05, 0) is 36.4 Å². The van der Waals surface area contributed by atoms with Crippen molar-refractivity contribution in [2.24, 2.45) is 0 Å². The average molecular weight is 305 g/mol. The predicted molar refractivity (Wildman–Crippen MR) is 70.1 cm³/mol. The van der Waals surface area contributed by atoms with Crippen LogP contribution in [0.15, 0.2) is 53.3 Å². The van der Waals surface area contributed by atoms with E-state index in [2.05, 4.69) is 20.9 Å². The van der Waals surface area contributed by atoms with Gasteiger partial charge < -0.3 is 5.11 Å². The third-order valence-corrected chi connectivity index (χ3v) is 2.43. The second kappa shape index (κ2) is 7.20. The molecule has 0 aliphatic heterocycles. The molecule has 1 aromatic heterocycles. The minimum Gasteiger partial charge on any atom is -0.478 e. The third-order valence-electron chi connectivity index (χ3n) is 1.90. The van der Waals surface area contributed by atoms with Crippen molar-refractivity contribution in [3.63, 3.8) is 0 Å². The van der Waals surface area contributed by atoms with Crippen molar-refractivity contribution >= 4 is 21.9 Å². The van der Waals surface area contributed by atoms with E-state index in [0.717, 1.165) is 4.47 Å². The topological polar surface area (TPSA) is 74.0 Å². The van der Waals surface area contributed by atoms with Crippen LogP contribution in [0.5, 0.6) is 0 Å². The van der Waals surface area contributed by atoms with E-state index >= 15 is 0 Å². The number of carboxylic acids is 1. The standard InChI is InChI=1S/C7H5BrO2.C6H4N2/c8-6-3-1-5(2-4-6)7(9)10;7-5-6-1-3-8-4-2-6/h1-4H,(H,9,10);1-4H. The van der Waals surface area contributed by atoms with Crippen LogP contribution in [0.3, 0.4) is 0 Å². The molecule has 18 heavy (non-hydrogen) atoms. The van der Waals surface area contributed by atoms with Gasteiger partial charge in [0.05, 0.1) is 17.2 Å². The first-order chi connectivity index (χ1) is 8.63. The van der Waals surface area contributed by atoms with Gasteiger partial charge in [0.2, 0.25) is 0 Å². The van der Waals surface area contributed by atoms with Crippen LogP contribution in [0.2, 0.25) is 0 Å². The van der Waals surface area contributed by atoms with E-state index in [0.29, 0.717) is 11.1 Å². The minimum atomic E-state index is -0.896. The Balaban J connectivity index is 0.000000184. The van der Waals surface area contributed by atoms with Gasteiger partial charge in [-0.15, -0.1) is 0 Å². The third kappa shape index (κ3) is 4.76. The minimum absolute atomic E-state index is 0.309. The van der Waals surface area contributed by atoms with Gasteiger partial charge in [0, 0.05) is 16.9 Å². The van der Waals surface area contributed by atoms with E-state index in [1.807, 2.05) is 6.07 Å². The number of carbonyl (C=O) groups is 1. The first kappa shape index (κ1) is 13.9. The Morgan fingerprint density at radius 1 is 1.17 bits per heavy atom. The molecule has 0 saturated carbocycles. The van der Waals surface area contributed by atoms with E-state index in [-0.39, 0.29) is 0 Å². The van der Waals surface area contributed by atoms with Crippen LogP contribution in [-0.4, -0.2) is 16.1 Å². The lowest BCUT2D eigenvalue weighted by atomic mass is 10.2. The number of hydrogen-bond acceptors (Lipinski definition) is 3. The zero-order chi connectivity index (χ0) is 13.4. The van der Waals surface area contributed by atoms with Crippen molar-refractivity contribution in [1.82, 2.24) is 4.98 Å². The lowest BCUT2D eigenvalue weighted by Crippen LogP contribution is -1.94. The molecule has 0 fully saturated rings. The zero-order valence-corrected chi connectivity index (χ0v) is 10.8. The molecule has 2 rings (SSSR count). The summed E-state index contributed by atoms with van der Waals surface area (Å²) < 4.78 is 0.887. The predicted octanol–water partition coefficient (Wildman–Crippen LogP) is 3.10. The van der Waals surface area contributed by atoms with E-state index in [1.165, 1.54) is 0 Å². The molecule has 90 valence electrons. The van der Waals surface area contributed by atoms with E-state index < -0.39 is 5.97 Å². The van der Waals surface area contributed by atoms with Gasteiger partial charge in [-0.3, -0.25) is 4.98 Å². The van der Waals surface area contributed by atoms with Crippen molar-refractivity contribution in [1.29, 1.82) is 5.26 Å². The number of benzene rings is 1. The molecule has 0 aliphatic carbocycles. The largest absolute Gasteiger partial charge is 0.478 e. The fourth-order valence-corrected chi connectivity index (χ4v) is 1.28. The highest BCUT2D eigenvalue weighted by Crippen LogP contribution is 2.09. The van der Waals surface area contributed by atoms with Crippen LogP contribution in [-0.2, 0) is 0 Å². The normalized spacial score (nSPS) is 8.67.